The number of likely N-dealkylation sites (tertiary alicyclic amines) is 1. The molecule has 1 aliphatic heterocycles. The van der Waals surface area contributed by atoms with Gasteiger partial charge in [0.1, 0.15) is 5.82 Å². The molecule has 2 unspecified atom stereocenters. The first-order valence-corrected chi connectivity index (χ1v) is 7.34. The van der Waals surface area contributed by atoms with Crippen LogP contribution in [0.3, 0.4) is 0 Å². The minimum absolute atomic E-state index is 0. The molecule has 2 rings (SSSR count). The third-order valence-electron chi connectivity index (χ3n) is 4.16. The van der Waals surface area contributed by atoms with Gasteiger partial charge in [-0.3, -0.25) is 4.79 Å². The predicted octanol–water partition coefficient (Wildman–Crippen LogP) is 2.62. The summed E-state index contributed by atoms with van der Waals surface area (Å²) in [5.74, 6) is 0.373. The Morgan fingerprint density at radius 1 is 1.48 bits per heavy atom. The van der Waals surface area contributed by atoms with E-state index < -0.39 is 0 Å². The van der Waals surface area contributed by atoms with Gasteiger partial charge in [0.15, 0.2) is 0 Å². The summed E-state index contributed by atoms with van der Waals surface area (Å²) in [4.78, 5) is 14.2. The number of hydrogen-bond donors (Lipinski definition) is 1. The molecular formula is C16H24ClFN2O. The third kappa shape index (κ3) is 4.68. The molecule has 2 atom stereocenters. The standard InChI is InChI=1S/C16H23FN2O.ClH/c1-12(6-7-14-4-2-3-5-15(14)17)16(20)19-9-8-13(10-18)11-19;/h2-5,12-13H,6-11,18H2,1H3;1H. The van der Waals surface area contributed by atoms with Crippen molar-refractivity contribution in [2.24, 2.45) is 17.6 Å². The Bertz CT molecular complexity index is 469. The first-order chi connectivity index (χ1) is 9.61. The van der Waals surface area contributed by atoms with E-state index in [0.29, 0.717) is 30.9 Å². The number of carbonyl (C=O) groups excluding carboxylic acids is 1. The first kappa shape index (κ1) is 17.9. The van der Waals surface area contributed by atoms with Crippen LogP contribution in [-0.4, -0.2) is 30.4 Å². The molecule has 0 saturated carbocycles. The van der Waals surface area contributed by atoms with Gasteiger partial charge in [-0.2, -0.15) is 0 Å². The molecule has 1 aliphatic rings. The molecule has 2 N–H and O–H groups in total. The zero-order chi connectivity index (χ0) is 14.5. The fourth-order valence-corrected chi connectivity index (χ4v) is 2.73. The molecule has 1 amide bonds. The number of halogens is 2. The largest absolute Gasteiger partial charge is 0.342 e. The summed E-state index contributed by atoms with van der Waals surface area (Å²) in [7, 11) is 0. The van der Waals surface area contributed by atoms with E-state index in [4.69, 9.17) is 5.73 Å². The van der Waals surface area contributed by atoms with Gasteiger partial charge in [0.25, 0.3) is 0 Å². The van der Waals surface area contributed by atoms with Crippen LogP contribution < -0.4 is 5.73 Å². The highest BCUT2D eigenvalue weighted by Gasteiger charge is 2.28. The second-order valence-corrected chi connectivity index (χ2v) is 5.71. The maximum absolute atomic E-state index is 13.5. The molecule has 1 saturated heterocycles. The number of hydrogen-bond acceptors (Lipinski definition) is 2. The van der Waals surface area contributed by atoms with Crippen LogP contribution in [0.5, 0.6) is 0 Å². The number of aryl methyl sites for hydroxylation is 1. The molecule has 3 nitrogen and oxygen atoms in total. The van der Waals surface area contributed by atoms with Gasteiger partial charge in [-0.05, 0) is 43.4 Å². The minimum atomic E-state index is -0.184. The number of nitrogens with zero attached hydrogens (tertiary/aromatic N) is 1. The molecule has 21 heavy (non-hydrogen) atoms. The van der Waals surface area contributed by atoms with Crippen molar-refractivity contribution >= 4 is 18.3 Å². The highest BCUT2D eigenvalue weighted by Crippen LogP contribution is 2.20. The first-order valence-electron chi connectivity index (χ1n) is 7.34. The van der Waals surface area contributed by atoms with E-state index in [2.05, 4.69) is 0 Å². The van der Waals surface area contributed by atoms with Gasteiger partial charge in [-0.1, -0.05) is 25.1 Å². The monoisotopic (exact) mass is 314 g/mol. The average Bonchev–Trinajstić information content (AvgIpc) is 2.94. The predicted molar refractivity (Wildman–Crippen MR) is 84.9 cm³/mol. The summed E-state index contributed by atoms with van der Waals surface area (Å²) in [6, 6.07) is 6.77. The lowest BCUT2D eigenvalue weighted by Crippen LogP contribution is -2.34. The Morgan fingerprint density at radius 2 is 2.19 bits per heavy atom. The lowest BCUT2D eigenvalue weighted by Gasteiger charge is -2.21. The Hall–Kier alpha value is -1.13. The number of benzene rings is 1. The van der Waals surface area contributed by atoms with E-state index in [-0.39, 0.29) is 30.0 Å². The van der Waals surface area contributed by atoms with Crippen LogP contribution in [0.25, 0.3) is 0 Å². The molecular weight excluding hydrogens is 291 g/mol. The molecule has 1 aromatic rings. The van der Waals surface area contributed by atoms with Crippen LogP contribution in [0.2, 0.25) is 0 Å². The number of amides is 1. The number of rotatable bonds is 5. The second kappa shape index (κ2) is 8.35. The van der Waals surface area contributed by atoms with Gasteiger partial charge >= 0.3 is 0 Å². The highest BCUT2D eigenvalue weighted by atomic mass is 35.5. The molecule has 0 aromatic heterocycles. The Balaban J connectivity index is 0.00000220. The van der Waals surface area contributed by atoms with Crippen molar-refractivity contribution in [2.75, 3.05) is 19.6 Å². The topological polar surface area (TPSA) is 46.3 Å². The fraction of sp³-hybridized carbons (Fsp3) is 0.562. The smallest absolute Gasteiger partial charge is 0.225 e. The lowest BCUT2D eigenvalue weighted by atomic mass is 9.99. The summed E-state index contributed by atoms with van der Waals surface area (Å²) in [6.07, 6.45) is 2.29. The van der Waals surface area contributed by atoms with E-state index in [1.54, 1.807) is 12.1 Å². The van der Waals surface area contributed by atoms with E-state index in [9.17, 15) is 9.18 Å². The van der Waals surface area contributed by atoms with Crippen LogP contribution in [0.1, 0.15) is 25.3 Å². The van der Waals surface area contributed by atoms with E-state index in [1.807, 2.05) is 17.9 Å². The van der Waals surface area contributed by atoms with Crippen molar-refractivity contribution in [2.45, 2.75) is 26.2 Å². The normalized spacial score (nSPS) is 19.2. The van der Waals surface area contributed by atoms with Crippen molar-refractivity contribution in [3.8, 4) is 0 Å². The second-order valence-electron chi connectivity index (χ2n) is 5.71. The van der Waals surface area contributed by atoms with Gasteiger partial charge in [0.2, 0.25) is 5.91 Å². The molecule has 1 heterocycles. The maximum atomic E-state index is 13.5. The fourth-order valence-electron chi connectivity index (χ4n) is 2.73. The van der Waals surface area contributed by atoms with Gasteiger partial charge in [-0.25, -0.2) is 4.39 Å². The summed E-state index contributed by atoms with van der Waals surface area (Å²) in [5.41, 5.74) is 6.33. The van der Waals surface area contributed by atoms with Crippen molar-refractivity contribution in [3.63, 3.8) is 0 Å². The van der Waals surface area contributed by atoms with Gasteiger partial charge in [0.05, 0.1) is 0 Å². The summed E-state index contributed by atoms with van der Waals surface area (Å²) >= 11 is 0. The Kier molecular flexibility index (Phi) is 7.12. The maximum Gasteiger partial charge on any atom is 0.225 e. The van der Waals surface area contributed by atoms with Crippen molar-refractivity contribution in [3.05, 3.63) is 35.6 Å². The SMILES string of the molecule is CC(CCc1ccccc1F)C(=O)N1CCC(CN)C1.Cl. The van der Waals surface area contributed by atoms with Crippen LogP contribution >= 0.6 is 12.4 Å². The van der Waals surface area contributed by atoms with Crippen LogP contribution in [-0.2, 0) is 11.2 Å². The van der Waals surface area contributed by atoms with E-state index in [0.717, 1.165) is 19.5 Å². The van der Waals surface area contributed by atoms with Gasteiger partial charge in [0, 0.05) is 19.0 Å². The Morgan fingerprint density at radius 3 is 2.81 bits per heavy atom. The quantitative estimate of drug-likeness (QED) is 0.908. The van der Waals surface area contributed by atoms with Crippen LogP contribution in [0.15, 0.2) is 24.3 Å². The molecule has 0 aliphatic carbocycles. The van der Waals surface area contributed by atoms with Crippen molar-refractivity contribution in [1.29, 1.82) is 0 Å². The number of nitrogens with two attached hydrogens (primary N) is 1. The zero-order valence-corrected chi connectivity index (χ0v) is 13.2. The number of carbonyl (C=O) groups is 1. The summed E-state index contributed by atoms with van der Waals surface area (Å²) in [5, 5.41) is 0. The third-order valence-corrected chi connectivity index (χ3v) is 4.16. The van der Waals surface area contributed by atoms with E-state index >= 15 is 0 Å². The highest BCUT2D eigenvalue weighted by molar-refractivity contribution is 5.85. The molecule has 0 spiro atoms. The lowest BCUT2D eigenvalue weighted by molar-refractivity contribution is -0.134. The molecule has 0 radical (unpaired) electrons. The molecule has 118 valence electrons. The minimum Gasteiger partial charge on any atom is -0.342 e. The van der Waals surface area contributed by atoms with Gasteiger partial charge < -0.3 is 10.6 Å². The van der Waals surface area contributed by atoms with Crippen molar-refractivity contribution in [1.82, 2.24) is 4.90 Å². The molecule has 0 bridgehead atoms. The molecule has 5 heteroatoms. The van der Waals surface area contributed by atoms with Crippen LogP contribution in [0, 0.1) is 17.7 Å². The molecule has 1 aromatic carbocycles. The van der Waals surface area contributed by atoms with Crippen molar-refractivity contribution < 1.29 is 9.18 Å². The Labute approximate surface area is 132 Å². The van der Waals surface area contributed by atoms with E-state index in [1.165, 1.54) is 6.07 Å². The molecule has 1 fully saturated rings. The van der Waals surface area contributed by atoms with Crippen LogP contribution in [0.4, 0.5) is 4.39 Å². The summed E-state index contributed by atoms with van der Waals surface area (Å²) in [6.45, 7) is 4.16. The average molecular weight is 315 g/mol. The zero-order valence-electron chi connectivity index (χ0n) is 12.4. The summed E-state index contributed by atoms with van der Waals surface area (Å²) < 4.78 is 13.5. The van der Waals surface area contributed by atoms with Gasteiger partial charge in [-0.15, -0.1) is 12.4 Å².